The number of aliphatic hydroxyl groups is 1. The molecule has 0 aromatic heterocycles. The molecular formula is C17H28NO6P. The minimum Gasteiger partial charge on any atom is -0.444 e. The fourth-order valence-corrected chi connectivity index (χ4v) is 3.63. The average molecular weight is 373 g/mol. The molecule has 2 N–H and O–H groups in total. The summed E-state index contributed by atoms with van der Waals surface area (Å²) in [6.45, 7) is 9.36. The highest BCUT2D eigenvalue weighted by Crippen LogP contribution is 2.59. The van der Waals surface area contributed by atoms with Crippen molar-refractivity contribution in [3.8, 4) is 0 Å². The van der Waals surface area contributed by atoms with Crippen LogP contribution in [0.1, 0.15) is 51.6 Å². The van der Waals surface area contributed by atoms with E-state index in [1.54, 1.807) is 58.9 Å². The van der Waals surface area contributed by atoms with Crippen LogP contribution in [0.25, 0.3) is 0 Å². The molecule has 1 amide bonds. The largest absolute Gasteiger partial charge is 0.444 e. The van der Waals surface area contributed by atoms with Gasteiger partial charge in [-0.3, -0.25) is 4.57 Å². The van der Waals surface area contributed by atoms with Gasteiger partial charge in [-0.05, 0) is 45.7 Å². The van der Waals surface area contributed by atoms with Crippen LogP contribution >= 0.6 is 7.60 Å². The second kappa shape index (κ2) is 9.34. The predicted molar refractivity (Wildman–Crippen MR) is 95.3 cm³/mol. The number of hydrogen-bond acceptors (Lipinski definition) is 6. The van der Waals surface area contributed by atoms with Gasteiger partial charge >= 0.3 is 13.7 Å². The summed E-state index contributed by atoms with van der Waals surface area (Å²) >= 11 is 0. The van der Waals surface area contributed by atoms with Crippen LogP contribution in [0, 0.1) is 0 Å². The quantitative estimate of drug-likeness (QED) is 0.670. The van der Waals surface area contributed by atoms with Gasteiger partial charge < -0.3 is 24.2 Å². The van der Waals surface area contributed by atoms with E-state index in [2.05, 4.69) is 5.32 Å². The summed E-state index contributed by atoms with van der Waals surface area (Å²) in [5.41, 5.74) is 0.674. The number of ether oxygens (including phenoxy) is 1. The van der Waals surface area contributed by atoms with E-state index in [1.165, 1.54) is 0 Å². The number of hydrogen-bond donors (Lipinski definition) is 2. The molecule has 1 atom stereocenters. The first kappa shape index (κ1) is 21.6. The van der Waals surface area contributed by atoms with E-state index in [0.717, 1.165) is 5.56 Å². The lowest BCUT2D eigenvalue weighted by atomic mass is 10.1. The van der Waals surface area contributed by atoms with E-state index in [0.29, 0.717) is 5.56 Å². The summed E-state index contributed by atoms with van der Waals surface area (Å²) in [5, 5.41) is 13.0. The molecule has 0 aliphatic carbocycles. The van der Waals surface area contributed by atoms with Crippen molar-refractivity contribution in [2.45, 2.75) is 52.6 Å². The monoisotopic (exact) mass is 373 g/mol. The third-order valence-corrected chi connectivity index (χ3v) is 5.16. The van der Waals surface area contributed by atoms with E-state index in [9.17, 15) is 14.5 Å². The second-order valence-corrected chi connectivity index (χ2v) is 8.43. The molecule has 1 aromatic carbocycles. The number of benzene rings is 1. The number of alkyl carbamates (subject to hydrolysis) is 1. The molecule has 0 fully saturated rings. The van der Waals surface area contributed by atoms with Gasteiger partial charge in [-0.1, -0.05) is 24.3 Å². The normalized spacial score (nSPS) is 13.4. The maximum atomic E-state index is 12.6. The van der Waals surface area contributed by atoms with Gasteiger partial charge in [-0.25, -0.2) is 4.79 Å². The Hall–Kier alpha value is -1.40. The highest BCUT2D eigenvalue weighted by Gasteiger charge is 2.35. The maximum Gasteiger partial charge on any atom is 0.407 e. The molecule has 142 valence electrons. The summed E-state index contributed by atoms with van der Waals surface area (Å²) < 4.78 is 28.0. The summed E-state index contributed by atoms with van der Waals surface area (Å²) in [5.74, 6) is -1.36. The first-order valence-electron chi connectivity index (χ1n) is 8.24. The van der Waals surface area contributed by atoms with E-state index in [-0.39, 0.29) is 19.8 Å². The van der Waals surface area contributed by atoms with Crippen molar-refractivity contribution in [1.82, 2.24) is 5.32 Å². The SMILES string of the molecule is CCOP(=O)(OCC)C(O)c1ccc(CNC(=O)OC(C)(C)C)cc1. The fourth-order valence-electron chi connectivity index (χ4n) is 2.02. The van der Waals surface area contributed by atoms with E-state index >= 15 is 0 Å². The van der Waals surface area contributed by atoms with Crippen LogP contribution in [-0.4, -0.2) is 30.0 Å². The van der Waals surface area contributed by atoms with Crippen LogP contribution in [0.2, 0.25) is 0 Å². The molecule has 0 heterocycles. The second-order valence-electron chi connectivity index (χ2n) is 6.35. The summed E-state index contributed by atoms with van der Waals surface area (Å²) in [4.78, 5) is 11.6. The summed E-state index contributed by atoms with van der Waals surface area (Å²) in [6, 6.07) is 6.69. The first-order valence-corrected chi connectivity index (χ1v) is 9.85. The Morgan fingerprint density at radius 1 is 1.16 bits per heavy atom. The van der Waals surface area contributed by atoms with Gasteiger partial charge in [0.15, 0.2) is 5.85 Å². The summed E-state index contributed by atoms with van der Waals surface area (Å²) in [7, 11) is -3.64. The molecule has 0 radical (unpaired) electrons. The van der Waals surface area contributed by atoms with Gasteiger partial charge in [0.25, 0.3) is 0 Å². The summed E-state index contributed by atoms with van der Waals surface area (Å²) in [6.07, 6.45) is -0.506. The number of carbonyl (C=O) groups excluding carboxylic acids is 1. The van der Waals surface area contributed by atoms with Crippen molar-refractivity contribution in [2.75, 3.05) is 13.2 Å². The van der Waals surface area contributed by atoms with Crippen molar-refractivity contribution in [2.24, 2.45) is 0 Å². The van der Waals surface area contributed by atoms with Crippen molar-refractivity contribution in [1.29, 1.82) is 0 Å². The Labute approximate surface area is 149 Å². The number of nitrogens with one attached hydrogen (secondary N) is 1. The molecule has 0 bridgehead atoms. The third-order valence-electron chi connectivity index (χ3n) is 3.03. The van der Waals surface area contributed by atoms with Crippen LogP contribution < -0.4 is 5.32 Å². The predicted octanol–water partition coefficient (Wildman–Crippen LogP) is 3.97. The molecule has 0 saturated heterocycles. The third kappa shape index (κ3) is 7.16. The van der Waals surface area contributed by atoms with E-state index in [4.69, 9.17) is 13.8 Å². The van der Waals surface area contributed by atoms with Gasteiger partial charge in [0.05, 0.1) is 13.2 Å². The Morgan fingerprint density at radius 3 is 2.12 bits per heavy atom. The van der Waals surface area contributed by atoms with Crippen LogP contribution in [0.15, 0.2) is 24.3 Å². The van der Waals surface area contributed by atoms with Crippen molar-refractivity contribution in [3.63, 3.8) is 0 Å². The smallest absolute Gasteiger partial charge is 0.407 e. The molecular weight excluding hydrogens is 345 g/mol. The molecule has 0 saturated carbocycles. The minimum atomic E-state index is -3.64. The average Bonchev–Trinajstić information content (AvgIpc) is 2.51. The van der Waals surface area contributed by atoms with E-state index in [1.807, 2.05) is 0 Å². The molecule has 7 nitrogen and oxygen atoms in total. The molecule has 25 heavy (non-hydrogen) atoms. The zero-order chi connectivity index (χ0) is 19.1. The van der Waals surface area contributed by atoms with E-state index < -0.39 is 25.1 Å². The highest BCUT2D eigenvalue weighted by atomic mass is 31.2. The number of carbonyl (C=O) groups is 1. The Kier molecular flexibility index (Phi) is 8.09. The lowest BCUT2D eigenvalue weighted by Gasteiger charge is -2.22. The van der Waals surface area contributed by atoms with Crippen LogP contribution in [0.3, 0.4) is 0 Å². The Bertz CT molecular complexity index is 586. The standard InChI is InChI=1S/C17H28NO6P/c1-6-22-25(21,23-7-2)15(19)14-10-8-13(9-11-14)12-18-16(20)24-17(3,4)5/h8-11,15,19H,6-7,12H2,1-5H3,(H,18,20). The molecule has 0 spiro atoms. The zero-order valence-electron chi connectivity index (χ0n) is 15.4. The highest BCUT2D eigenvalue weighted by molar-refractivity contribution is 7.54. The number of aliphatic hydroxyl groups excluding tert-OH is 1. The lowest BCUT2D eigenvalue weighted by molar-refractivity contribution is 0.0523. The molecule has 1 unspecified atom stereocenters. The molecule has 8 heteroatoms. The fraction of sp³-hybridized carbons (Fsp3) is 0.588. The number of amides is 1. The van der Waals surface area contributed by atoms with Crippen LogP contribution in [-0.2, 0) is 24.9 Å². The van der Waals surface area contributed by atoms with Gasteiger partial charge in [0.2, 0.25) is 0 Å². The Morgan fingerprint density at radius 2 is 1.68 bits per heavy atom. The zero-order valence-corrected chi connectivity index (χ0v) is 16.3. The molecule has 1 rings (SSSR count). The Balaban J connectivity index is 2.72. The first-order chi connectivity index (χ1) is 11.6. The van der Waals surface area contributed by atoms with Crippen molar-refractivity contribution < 1.29 is 28.3 Å². The van der Waals surface area contributed by atoms with Crippen LogP contribution in [0.5, 0.6) is 0 Å². The van der Waals surface area contributed by atoms with Crippen molar-refractivity contribution >= 4 is 13.7 Å². The lowest BCUT2D eigenvalue weighted by Crippen LogP contribution is -2.32. The minimum absolute atomic E-state index is 0.173. The maximum absolute atomic E-state index is 12.6. The molecule has 0 aliphatic heterocycles. The number of rotatable bonds is 8. The molecule has 1 aromatic rings. The topological polar surface area (TPSA) is 94.1 Å². The molecule has 0 aliphatic rings. The van der Waals surface area contributed by atoms with Gasteiger partial charge in [-0.15, -0.1) is 0 Å². The van der Waals surface area contributed by atoms with Gasteiger partial charge in [-0.2, -0.15) is 0 Å². The van der Waals surface area contributed by atoms with Gasteiger partial charge in [0, 0.05) is 6.54 Å². The van der Waals surface area contributed by atoms with Gasteiger partial charge in [0.1, 0.15) is 5.60 Å². The van der Waals surface area contributed by atoms with Crippen molar-refractivity contribution in [3.05, 3.63) is 35.4 Å². The van der Waals surface area contributed by atoms with Crippen LogP contribution in [0.4, 0.5) is 4.79 Å².